The first kappa shape index (κ1) is 14.2. The number of para-hydroxylation sites is 2. The van der Waals surface area contributed by atoms with Crippen LogP contribution in [-0.4, -0.2) is 16.7 Å². The van der Waals surface area contributed by atoms with Crippen LogP contribution in [0.25, 0.3) is 10.9 Å². The molecule has 2 aromatic carbocycles. The standard InChI is InChI=1S/C18H18N2O2/c1-2-22-16-10-4-7-14(18(16)21)12-20-15-9-3-6-13-8-5-11-19-17(13)15/h3-11,20-21H,2,12H2,1H3. The molecule has 4 nitrogen and oxygen atoms in total. The summed E-state index contributed by atoms with van der Waals surface area (Å²) in [6.07, 6.45) is 1.78. The van der Waals surface area contributed by atoms with Crippen LogP contribution in [0, 0.1) is 0 Å². The molecular weight excluding hydrogens is 276 g/mol. The SMILES string of the molecule is CCOc1cccc(CNc2cccc3cccnc23)c1O. The van der Waals surface area contributed by atoms with E-state index in [0.717, 1.165) is 22.2 Å². The highest BCUT2D eigenvalue weighted by molar-refractivity contribution is 5.90. The lowest BCUT2D eigenvalue weighted by Gasteiger charge is -2.12. The number of anilines is 1. The lowest BCUT2D eigenvalue weighted by Crippen LogP contribution is -2.02. The fourth-order valence-corrected chi connectivity index (χ4v) is 2.42. The minimum Gasteiger partial charge on any atom is -0.504 e. The number of aromatic nitrogens is 1. The van der Waals surface area contributed by atoms with Crippen molar-refractivity contribution < 1.29 is 9.84 Å². The summed E-state index contributed by atoms with van der Waals surface area (Å²) in [5, 5.41) is 14.6. The van der Waals surface area contributed by atoms with Crippen molar-refractivity contribution in [2.45, 2.75) is 13.5 Å². The van der Waals surface area contributed by atoms with Crippen LogP contribution in [0.3, 0.4) is 0 Å². The number of nitrogens with one attached hydrogen (secondary N) is 1. The lowest BCUT2D eigenvalue weighted by atomic mass is 10.1. The smallest absolute Gasteiger partial charge is 0.162 e. The highest BCUT2D eigenvalue weighted by atomic mass is 16.5. The number of hydrogen-bond acceptors (Lipinski definition) is 4. The molecule has 1 heterocycles. The van der Waals surface area contributed by atoms with Crippen molar-refractivity contribution in [1.82, 2.24) is 4.98 Å². The van der Waals surface area contributed by atoms with Crippen molar-refractivity contribution in [3.8, 4) is 11.5 Å². The number of fused-ring (bicyclic) bond motifs is 1. The summed E-state index contributed by atoms with van der Waals surface area (Å²) in [6, 6.07) is 15.5. The highest BCUT2D eigenvalue weighted by Gasteiger charge is 2.08. The number of pyridine rings is 1. The van der Waals surface area contributed by atoms with E-state index in [4.69, 9.17) is 4.74 Å². The van der Waals surface area contributed by atoms with E-state index in [1.807, 2.05) is 49.4 Å². The molecule has 0 aliphatic carbocycles. The maximum atomic E-state index is 10.2. The Balaban J connectivity index is 1.84. The zero-order valence-electron chi connectivity index (χ0n) is 12.4. The monoisotopic (exact) mass is 294 g/mol. The van der Waals surface area contributed by atoms with Gasteiger partial charge in [0.15, 0.2) is 11.5 Å². The molecule has 0 radical (unpaired) electrons. The van der Waals surface area contributed by atoms with Gasteiger partial charge in [0.05, 0.1) is 17.8 Å². The average molecular weight is 294 g/mol. The van der Waals surface area contributed by atoms with Crippen LogP contribution in [0.2, 0.25) is 0 Å². The molecule has 0 atom stereocenters. The summed E-state index contributed by atoms with van der Waals surface area (Å²) < 4.78 is 5.41. The van der Waals surface area contributed by atoms with E-state index in [-0.39, 0.29) is 5.75 Å². The molecule has 0 aliphatic rings. The van der Waals surface area contributed by atoms with E-state index in [1.54, 1.807) is 12.3 Å². The molecule has 0 fully saturated rings. The number of ether oxygens (including phenoxy) is 1. The molecule has 3 aromatic rings. The summed E-state index contributed by atoms with van der Waals surface area (Å²) in [7, 11) is 0. The van der Waals surface area contributed by atoms with Crippen molar-refractivity contribution in [3.63, 3.8) is 0 Å². The predicted octanol–water partition coefficient (Wildman–Crippen LogP) is 3.95. The summed E-state index contributed by atoms with van der Waals surface area (Å²) in [4.78, 5) is 4.41. The Kier molecular flexibility index (Phi) is 4.10. The average Bonchev–Trinajstić information content (AvgIpc) is 2.56. The van der Waals surface area contributed by atoms with Gasteiger partial charge in [0.1, 0.15) is 0 Å². The van der Waals surface area contributed by atoms with Gasteiger partial charge < -0.3 is 15.2 Å². The maximum absolute atomic E-state index is 10.2. The quantitative estimate of drug-likeness (QED) is 0.748. The molecule has 0 spiro atoms. The van der Waals surface area contributed by atoms with Crippen molar-refractivity contribution in [1.29, 1.82) is 0 Å². The number of benzene rings is 2. The first-order chi connectivity index (χ1) is 10.8. The number of nitrogens with zero attached hydrogens (tertiary/aromatic N) is 1. The van der Waals surface area contributed by atoms with Crippen LogP contribution in [-0.2, 0) is 6.54 Å². The Labute approximate surface area is 129 Å². The number of phenols is 1. The van der Waals surface area contributed by atoms with Gasteiger partial charge in [-0.3, -0.25) is 4.98 Å². The minimum absolute atomic E-state index is 0.185. The molecule has 0 amide bonds. The summed E-state index contributed by atoms with van der Waals surface area (Å²) >= 11 is 0. The molecule has 2 N–H and O–H groups in total. The highest BCUT2D eigenvalue weighted by Crippen LogP contribution is 2.30. The molecule has 0 saturated heterocycles. The van der Waals surface area contributed by atoms with Crippen molar-refractivity contribution in [3.05, 3.63) is 60.3 Å². The molecule has 4 heteroatoms. The molecule has 1 aromatic heterocycles. The second-order valence-electron chi connectivity index (χ2n) is 4.93. The molecule has 0 saturated carbocycles. The third kappa shape index (κ3) is 2.81. The van der Waals surface area contributed by atoms with Crippen LogP contribution in [0.5, 0.6) is 11.5 Å². The molecule has 22 heavy (non-hydrogen) atoms. The van der Waals surface area contributed by atoms with E-state index < -0.39 is 0 Å². The van der Waals surface area contributed by atoms with Gasteiger partial charge in [-0.2, -0.15) is 0 Å². The van der Waals surface area contributed by atoms with Crippen molar-refractivity contribution >= 4 is 16.6 Å². The number of rotatable bonds is 5. The van der Waals surface area contributed by atoms with Gasteiger partial charge >= 0.3 is 0 Å². The summed E-state index contributed by atoms with van der Waals surface area (Å²) in [6.45, 7) is 2.92. The van der Waals surface area contributed by atoms with Crippen LogP contribution < -0.4 is 10.1 Å². The second-order valence-corrected chi connectivity index (χ2v) is 4.93. The van der Waals surface area contributed by atoms with Gasteiger partial charge in [-0.25, -0.2) is 0 Å². The second kappa shape index (κ2) is 6.35. The van der Waals surface area contributed by atoms with E-state index in [0.29, 0.717) is 18.9 Å². The fourth-order valence-electron chi connectivity index (χ4n) is 2.42. The number of hydrogen-bond donors (Lipinski definition) is 2. The largest absolute Gasteiger partial charge is 0.504 e. The van der Waals surface area contributed by atoms with Gasteiger partial charge in [-0.1, -0.05) is 30.3 Å². The Morgan fingerprint density at radius 1 is 1.09 bits per heavy atom. The first-order valence-corrected chi connectivity index (χ1v) is 7.31. The van der Waals surface area contributed by atoms with Crippen LogP contribution >= 0.6 is 0 Å². The Morgan fingerprint density at radius 2 is 1.91 bits per heavy atom. The number of aromatic hydroxyl groups is 1. The van der Waals surface area contributed by atoms with Crippen molar-refractivity contribution in [2.75, 3.05) is 11.9 Å². The van der Waals surface area contributed by atoms with Gasteiger partial charge in [-0.05, 0) is 25.1 Å². The van der Waals surface area contributed by atoms with E-state index in [1.165, 1.54) is 0 Å². The van der Waals surface area contributed by atoms with Gasteiger partial charge in [-0.15, -0.1) is 0 Å². The van der Waals surface area contributed by atoms with Crippen LogP contribution in [0.15, 0.2) is 54.7 Å². The zero-order valence-corrected chi connectivity index (χ0v) is 12.4. The van der Waals surface area contributed by atoms with E-state index >= 15 is 0 Å². The summed E-state index contributed by atoms with van der Waals surface area (Å²) in [5.41, 5.74) is 2.66. The Bertz CT molecular complexity index is 782. The topological polar surface area (TPSA) is 54.4 Å². The van der Waals surface area contributed by atoms with Gasteiger partial charge in [0.2, 0.25) is 0 Å². The number of phenolic OH excluding ortho intramolecular Hbond substituents is 1. The van der Waals surface area contributed by atoms with E-state index in [2.05, 4.69) is 10.3 Å². The van der Waals surface area contributed by atoms with Crippen LogP contribution in [0.1, 0.15) is 12.5 Å². The minimum atomic E-state index is 0.185. The third-order valence-electron chi connectivity index (χ3n) is 3.48. The molecule has 0 aliphatic heterocycles. The first-order valence-electron chi connectivity index (χ1n) is 7.31. The third-order valence-corrected chi connectivity index (χ3v) is 3.48. The molecule has 3 rings (SSSR count). The van der Waals surface area contributed by atoms with Gasteiger partial charge in [0.25, 0.3) is 0 Å². The Hall–Kier alpha value is -2.75. The normalized spacial score (nSPS) is 10.6. The van der Waals surface area contributed by atoms with Crippen molar-refractivity contribution in [2.24, 2.45) is 0 Å². The Morgan fingerprint density at radius 3 is 2.77 bits per heavy atom. The van der Waals surface area contributed by atoms with E-state index in [9.17, 15) is 5.11 Å². The molecular formula is C18H18N2O2. The predicted molar refractivity (Wildman–Crippen MR) is 88.3 cm³/mol. The summed E-state index contributed by atoms with van der Waals surface area (Å²) in [5.74, 6) is 0.697. The molecule has 0 bridgehead atoms. The maximum Gasteiger partial charge on any atom is 0.162 e. The molecule has 0 unspecified atom stereocenters. The lowest BCUT2D eigenvalue weighted by molar-refractivity contribution is 0.317. The van der Waals surface area contributed by atoms with Crippen LogP contribution in [0.4, 0.5) is 5.69 Å². The van der Waals surface area contributed by atoms with Gasteiger partial charge in [0, 0.05) is 23.7 Å². The zero-order chi connectivity index (χ0) is 15.4. The molecule has 112 valence electrons. The fraction of sp³-hybridized carbons (Fsp3) is 0.167.